The summed E-state index contributed by atoms with van der Waals surface area (Å²) in [5, 5.41) is 16.3. The summed E-state index contributed by atoms with van der Waals surface area (Å²) >= 11 is 1.10. The Morgan fingerprint density at radius 3 is 3.00 bits per heavy atom. The molecule has 6 nitrogen and oxygen atoms in total. The second-order valence-electron chi connectivity index (χ2n) is 3.73. The molecule has 0 fully saturated rings. The lowest BCUT2D eigenvalue weighted by Gasteiger charge is -2.01. The number of nitrogens with zero attached hydrogens (tertiary/aromatic N) is 3. The van der Waals surface area contributed by atoms with Crippen LogP contribution in [0.2, 0.25) is 0 Å². The number of hydrogen-bond donors (Lipinski definition) is 1. The van der Waals surface area contributed by atoms with Crippen molar-refractivity contribution in [2.75, 3.05) is 0 Å². The highest BCUT2D eigenvalue weighted by Gasteiger charge is 2.16. The van der Waals surface area contributed by atoms with Gasteiger partial charge in [0.05, 0.1) is 16.9 Å². The van der Waals surface area contributed by atoms with Gasteiger partial charge in [-0.05, 0) is 25.1 Å². The van der Waals surface area contributed by atoms with Gasteiger partial charge >= 0.3 is 0 Å². The molecule has 0 unspecified atom stereocenters. The molecule has 1 heterocycles. The average molecular weight is 274 g/mol. The van der Waals surface area contributed by atoms with Crippen molar-refractivity contribution < 1.29 is 9.21 Å². The van der Waals surface area contributed by atoms with Gasteiger partial charge in [0.25, 0.3) is 5.22 Å². The molecule has 0 aliphatic heterocycles. The third-order valence-corrected chi connectivity index (χ3v) is 3.28. The minimum absolute atomic E-state index is 0.267. The normalized spacial score (nSPS) is 11.8. The minimum Gasteiger partial charge on any atom is -0.411 e. The first kappa shape index (κ1) is 13.1. The van der Waals surface area contributed by atoms with E-state index < -0.39 is 11.2 Å². The van der Waals surface area contributed by atoms with E-state index in [4.69, 9.17) is 15.4 Å². The molecule has 0 saturated heterocycles. The lowest BCUT2D eigenvalue weighted by atomic mass is 10.1. The Morgan fingerprint density at radius 2 is 2.32 bits per heavy atom. The second kappa shape index (κ2) is 5.54. The third-order valence-electron chi connectivity index (χ3n) is 2.32. The fraction of sp³-hybridized carbons (Fsp3) is 0.167. The Balaban J connectivity index is 2.21. The molecule has 0 aliphatic rings. The number of benzene rings is 1. The van der Waals surface area contributed by atoms with Crippen molar-refractivity contribution in [2.45, 2.75) is 17.4 Å². The van der Waals surface area contributed by atoms with Gasteiger partial charge in [-0.2, -0.15) is 5.26 Å². The Bertz CT molecular complexity index is 647. The number of hydrogen-bond acceptors (Lipinski definition) is 6. The number of carbonyl (C=O) groups is 1. The zero-order chi connectivity index (χ0) is 13.8. The summed E-state index contributed by atoms with van der Waals surface area (Å²) in [6.45, 7) is 1.66. The molecule has 1 aromatic heterocycles. The Hall–Kier alpha value is -2.33. The first-order valence-electron chi connectivity index (χ1n) is 5.40. The molecule has 19 heavy (non-hydrogen) atoms. The van der Waals surface area contributed by atoms with Crippen molar-refractivity contribution in [3.05, 3.63) is 29.8 Å². The molecule has 0 spiro atoms. The molecule has 2 rings (SSSR count). The number of aromatic nitrogens is 2. The van der Waals surface area contributed by atoms with E-state index in [-0.39, 0.29) is 5.22 Å². The van der Waals surface area contributed by atoms with Gasteiger partial charge in [0.15, 0.2) is 0 Å². The first-order valence-corrected chi connectivity index (χ1v) is 6.28. The standard InChI is InChI=1S/C12H10N4O2S/c1-7(10(14)17)19-12-16-15-11(18-12)9-4-2-3-8(5-9)6-13/h2-5,7H,1H3,(H2,14,17)/t7-/m0/s1. The van der Waals surface area contributed by atoms with E-state index in [1.807, 2.05) is 6.07 Å². The van der Waals surface area contributed by atoms with Gasteiger partial charge in [-0.1, -0.05) is 17.8 Å². The van der Waals surface area contributed by atoms with Gasteiger partial charge < -0.3 is 10.2 Å². The van der Waals surface area contributed by atoms with Crippen LogP contribution in [0.5, 0.6) is 0 Å². The topological polar surface area (TPSA) is 106 Å². The number of thioether (sulfide) groups is 1. The SMILES string of the molecule is C[C@H](Sc1nnc(-c2cccc(C#N)c2)o1)C(N)=O. The fourth-order valence-corrected chi connectivity index (χ4v) is 1.94. The zero-order valence-corrected chi connectivity index (χ0v) is 10.8. The Kier molecular flexibility index (Phi) is 3.82. The van der Waals surface area contributed by atoms with Crippen LogP contribution >= 0.6 is 11.8 Å². The molecule has 7 heteroatoms. The summed E-state index contributed by atoms with van der Waals surface area (Å²) in [7, 11) is 0. The highest BCUT2D eigenvalue weighted by Crippen LogP contribution is 2.26. The van der Waals surface area contributed by atoms with E-state index in [0.717, 1.165) is 11.8 Å². The van der Waals surface area contributed by atoms with E-state index in [2.05, 4.69) is 10.2 Å². The van der Waals surface area contributed by atoms with Crippen molar-refractivity contribution in [1.82, 2.24) is 10.2 Å². The molecule has 96 valence electrons. The third kappa shape index (κ3) is 3.11. The largest absolute Gasteiger partial charge is 0.411 e. The second-order valence-corrected chi connectivity index (χ2v) is 5.02. The molecule has 0 aliphatic carbocycles. The van der Waals surface area contributed by atoms with Gasteiger partial charge in [-0.25, -0.2) is 0 Å². The summed E-state index contributed by atoms with van der Waals surface area (Å²) in [6, 6.07) is 8.87. The smallest absolute Gasteiger partial charge is 0.277 e. The van der Waals surface area contributed by atoms with Gasteiger partial charge in [-0.3, -0.25) is 4.79 Å². The van der Waals surface area contributed by atoms with Crippen LogP contribution in [-0.2, 0) is 4.79 Å². The quantitative estimate of drug-likeness (QED) is 0.848. The molecule has 1 aromatic carbocycles. The number of carbonyl (C=O) groups excluding carboxylic acids is 1. The summed E-state index contributed by atoms with van der Waals surface area (Å²) in [5.41, 5.74) is 6.32. The predicted molar refractivity (Wildman–Crippen MR) is 69.0 cm³/mol. The van der Waals surface area contributed by atoms with E-state index in [1.54, 1.807) is 31.2 Å². The van der Waals surface area contributed by atoms with Gasteiger partial charge in [0, 0.05) is 5.56 Å². The van der Waals surface area contributed by atoms with E-state index in [0.29, 0.717) is 17.0 Å². The molecule has 1 amide bonds. The molecule has 0 bridgehead atoms. The Morgan fingerprint density at radius 1 is 1.53 bits per heavy atom. The maximum atomic E-state index is 10.9. The molecular formula is C12H10N4O2S. The molecule has 0 saturated carbocycles. The fourth-order valence-electron chi connectivity index (χ4n) is 1.31. The van der Waals surface area contributed by atoms with Crippen molar-refractivity contribution in [2.24, 2.45) is 5.73 Å². The molecule has 2 N–H and O–H groups in total. The maximum Gasteiger partial charge on any atom is 0.277 e. The molecular weight excluding hydrogens is 264 g/mol. The lowest BCUT2D eigenvalue weighted by molar-refractivity contribution is -0.117. The summed E-state index contributed by atoms with van der Waals surface area (Å²) in [5.74, 6) is -0.146. The van der Waals surface area contributed by atoms with Gasteiger partial charge in [0.2, 0.25) is 11.8 Å². The maximum absolute atomic E-state index is 10.9. The Labute approximate surface area is 113 Å². The van der Waals surface area contributed by atoms with Crippen molar-refractivity contribution in [1.29, 1.82) is 5.26 Å². The average Bonchev–Trinajstić information content (AvgIpc) is 2.87. The number of primary amides is 1. The van der Waals surface area contributed by atoms with Crippen LogP contribution in [0.3, 0.4) is 0 Å². The van der Waals surface area contributed by atoms with E-state index in [1.165, 1.54) is 0 Å². The van der Waals surface area contributed by atoms with Crippen LogP contribution in [0.15, 0.2) is 33.9 Å². The highest BCUT2D eigenvalue weighted by atomic mass is 32.2. The highest BCUT2D eigenvalue weighted by molar-refractivity contribution is 8.00. The lowest BCUT2D eigenvalue weighted by Crippen LogP contribution is -2.22. The van der Waals surface area contributed by atoms with Crippen molar-refractivity contribution in [3.8, 4) is 17.5 Å². The van der Waals surface area contributed by atoms with Crippen molar-refractivity contribution in [3.63, 3.8) is 0 Å². The number of nitrogens with two attached hydrogens (primary N) is 1. The summed E-state index contributed by atoms with van der Waals surface area (Å²) in [4.78, 5) is 10.9. The molecule has 2 aromatic rings. The van der Waals surface area contributed by atoms with Crippen LogP contribution in [0, 0.1) is 11.3 Å². The van der Waals surface area contributed by atoms with Crippen LogP contribution in [0.1, 0.15) is 12.5 Å². The van der Waals surface area contributed by atoms with Crippen LogP contribution in [0.25, 0.3) is 11.5 Å². The molecule has 1 atom stereocenters. The number of nitriles is 1. The van der Waals surface area contributed by atoms with Crippen molar-refractivity contribution >= 4 is 17.7 Å². The summed E-state index contributed by atoms with van der Waals surface area (Å²) in [6.07, 6.45) is 0. The van der Waals surface area contributed by atoms with Gasteiger partial charge in [-0.15, -0.1) is 10.2 Å². The van der Waals surface area contributed by atoms with Crippen LogP contribution in [0.4, 0.5) is 0 Å². The zero-order valence-electron chi connectivity index (χ0n) is 10.0. The van der Waals surface area contributed by atoms with Crippen LogP contribution < -0.4 is 5.73 Å². The predicted octanol–water partition coefficient (Wildman–Crippen LogP) is 1.57. The monoisotopic (exact) mass is 274 g/mol. The number of amides is 1. The first-order chi connectivity index (χ1) is 9.10. The summed E-state index contributed by atoms with van der Waals surface area (Å²) < 4.78 is 5.41. The van der Waals surface area contributed by atoms with Gasteiger partial charge in [0.1, 0.15) is 0 Å². The van der Waals surface area contributed by atoms with Crippen LogP contribution in [-0.4, -0.2) is 21.4 Å². The molecule has 0 radical (unpaired) electrons. The minimum atomic E-state index is -0.448. The number of rotatable bonds is 4. The van der Waals surface area contributed by atoms with E-state index in [9.17, 15) is 4.79 Å². The van der Waals surface area contributed by atoms with E-state index >= 15 is 0 Å².